The molecule has 0 unspecified atom stereocenters. The zero-order valence-corrected chi connectivity index (χ0v) is 17.0. The Hall–Kier alpha value is -2.44. The van der Waals surface area contributed by atoms with Crippen molar-refractivity contribution in [3.05, 3.63) is 64.0 Å². The van der Waals surface area contributed by atoms with Crippen molar-refractivity contribution in [1.82, 2.24) is 4.90 Å². The van der Waals surface area contributed by atoms with Crippen LogP contribution in [0.5, 0.6) is 5.75 Å². The molecule has 1 fully saturated rings. The lowest BCUT2D eigenvalue weighted by Gasteiger charge is -2.36. The summed E-state index contributed by atoms with van der Waals surface area (Å²) < 4.78 is 5.17. The summed E-state index contributed by atoms with van der Waals surface area (Å²) in [5.74, 6) is 0.621. The van der Waals surface area contributed by atoms with E-state index in [-0.39, 0.29) is 5.91 Å². The van der Waals surface area contributed by atoms with Crippen LogP contribution in [0.2, 0.25) is 5.02 Å². The van der Waals surface area contributed by atoms with E-state index in [1.807, 2.05) is 48.5 Å². The van der Waals surface area contributed by atoms with E-state index < -0.39 is 0 Å². The molecule has 5 nitrogen and oxygen atoms in total. The smallest absolute Gasteiger partial charge is 0.286 e. The number of hydrogen-bond acceptors (Lipinski definition) is 5. The number of anilines is 1. The molecule has 0 radical (unpaired) electrons. The Labute approximate surface area is 173 Å². The highest BCUT2D eigenvalue weighted by molar-refractivity contribution is 8.18. The zero-order valence-electron chi connectivity index (χ0n) is 15.5. The predicted molar refractivity (Wildman–Crippen MR) is 116 cm³/mol. The number of halogens is 1. The van der Waals surface area contributed by atoms with Crippen molar-refractivity contribution in [2.75, 3.05) is 38.2 Å². The van der Waals surface area contributed by atoms with Crippen LogP contribution >= 0.6 is 23.4 Å². The number of ether oxygens (including phenoxy) is 1. The molecule has 144 valence electrons. The van der Waals surface area contributed by atoms with Crippen LogP contribution in [0.15, 0.2) is 58.4 Å². The second-order valence-corrected chi connectivity index (χ2v) is 7.98. The van der Waals surface area contributed by atoms with Crippen LogP contribution in [-0.4, -0.2) is 49.3 Å². The Balaban J connectivity index is 1.39. The second kappa shape index (κ2) is 8.29. The average Bonchev–Trinajstić information content (AvgIpc) is 3.09. The normalized spacial score (nSPS) is 18.6. The van der Waals surface area contributed by atoms with Crippen LogP contribution in [-0.2, 0) is 4.79 Å². The third kappa shape index (κ3) is 4.18. The van der Waals surface area contributed by atoms with Gasteiger partial charge in [-0.15, -0.1) is 0 Å². The monoisotopic (exact) mass is 413 g/mol. The van der Waals surface area contributed by atoms with E-state index in [1.165, 1.54) is 11.8 Å². The second-order valence-electron chi connectivity index (χ2n) is 6.54. The van der Waals surface area contributed by atoms with E-state index >= 15 is 0 Å². The molecule has 2 aliphatic heterocycles. The van der Waals surface area contributed by atoms with Crippen LogP contribution in [0.25, 0.3) is 6.08 Å². The van der Waals surface area contributed by atoms with Gasteiger partial charge in [0.15, 0.2) is 5.17 Å². The summed E-state index contributed by atoms with van der Waals surface area (Å²) in [6, 6.07) is 15.5. The number of hydrogen-bond donors (Lipinski definition) is 0. The molecule has 28 heavy (non-hydrogen) atoms. The van der Waals surface area contributed by atoms with Gasteiger partial charge in [-0.1, -0.05) is 29.8 Å². The molecular formula is C21H20ClN3O2S. The van der Waals surface area contributed by atoms with Crippen molar-refractivity contribution < 1.29 is 9.53 Å². The van der Waals surface area contributed by atoms with Crippen molar-refractivity contribution in [3.63, 3.8) is 0 Å². The molecule has 0 aliphatic carbocycles. The Morgan fingerprint density at radius 3 is 2.46 bits per heavy atom. The maximum Gasteiger partial charge on any atom is 0.286 e. The van der Waals surface area contributed by atoms with Gasteiger partial charge in [-0.2, -0.15) is 4.99 Å². The highest BCUT2D eigenvalue weighted by Crippen LogP contribution is 2.31. The van der Waals surface area contributed by atoms with Gasteiger partial charge in [0, 0.05) is 36.9 Å². The van der Waals surface area contributed by atoms with E-state index in [1.54, 1.807) is 7.11 Å². The van der Waals surface area contributed by atoms with E-state index in [2.05, 4.69) is 20.9 Å². The number of rotatable bonds is 3. The number of piperazine rings is 1. The molecule has 1 amide bonds. The molecule has 2 aliphatic rings. The lowest BCUT2D eigenvalue weighted by molar-refractivity contribution is -0.113. The summed E-state index contributed by atoms with van der Waals surface area (Å²) in [6.07, 6.45) is 1.88. The number of aliphatic imine (C=N–C) groups is 1. The fourth-order valence-electron chi connectivity index (χ4n) is 3.21. The number of benzene rings is 2. The van der Waals surface area contributed by atoms with Gasteiger partial charge in [0.2, 0.25) is 0 Å². The number of thioether (sulfide) groups is 1. The average molecular weight is 414 g/mol. The van der Waals surface area contributed by atoms with Gasteiger partial charge in [0.1, 0.15) is 5.75 Å². The molecule has 0 aromatic heterocycles. The van der Waals surface area contributed by atoms with Gasteiger partial charge in [0.05, 0.1) is 12.0 Å². The summed E-state index contributed by atoms with van der Waals surface area (Å²) in [6.45, 7) is 3.38. The van der Waals surface area contributed by atoms with Crippen LogP contribution in [0.4, 0.5) is 5.69 Å². The van der Waals surface area contributed by atoms with E-state index in [4.69, 9.17) is 16.3 Å². The maximum absolute atomic E-state index is 12.3. The first-order valence-electron chi connectivity index (χ1n) is 9.04. The molecule has 0 atom stereocenters. The minimum Gasteiger partial charge on any atom is -0.497 e. The molecule has 0 spiro atoms. The summed E-state index contributed by atoms with van der Waals surface area (Å²) in [5.41, 5.74) is 2.09. The minimum atomic E-state index is -0.173. The standard InChI is InChI=1S/C21H20ClN3O2S/c1-27-18-7-5-15(6-8-18)13-19-20(26)23-21(28-19)25-11-9-24(10-12-25)17-4-2-3-16(22)14-17/h2-8,13-14H,9-12H2,1H3/b19-13+. The van der Waals surface area contributed by atoms with Gasteiger partial charge < -0.3 is 14.5 Å². The van der Waals surface area contributed by atoms with Crippen molar-refractivity contribution >= 4 is 46.2 Å². The van der Waals surface area contributed by atoms with Gasteiger partial charge in [-0.05, 0) is 53.7 Å². The molecule has 4 rings (SSSR count). The summed E-state index contributed by atoms with van der Waals surface area (Å²) >= 11 is 7.55. The molecule has 2 aromatic carbocycles. The third-order valence-corrected chi connectivity index (χ3v) is 6.03. The fourth-order valence-corrected chi connectivity index (χ4v) is 4.36. The van der Waals surface area contributed by atoms with Crippen molar-refractivity contribution in [2.45, 2.75) is 0 Å². The van der Waals surface area contributed by atoms with Gasteiger partial charge >= 0.3 is 0 Å². The Morgan fingerprint density at radius 1 is 1.07 bits per heavy atom. The number of carbonyl (C=O) groups excluding carboxylic acids is 1. The SMILES string of the molecule is COc1ccc(/C=C2/SC(N3CCN(c4cccc(Cl)c4)CC3)=NC2=O)cc1. The van der Waals surface area contributed by atoms with E-state index in [0.29, 0.717) is 4.91 Å². The van der Waals surface area contributed by atoms with Gasteiger partial charge in [0.25, 0.3) is 5.91 Å². The Kier molecular flexibility index (Phi) is 5.59. The molecule has 2 heterocycles. The number of amidine groups is 1. The highest BCUT2D eigenvalue weighted by Gasteiger charge is 2.28. The molecule has 1 saturated heterocycles. The number of nitrogens with zero attached hydrogens (tertiary/aromatic N) is 3. The van der Waals surface area contributed by atoms with Crippen molar-refractivity contribution in [2.24, 2.45) is 4.99 Å². The molecule has 2 aromatic rings. The molecule has 7 heteroatoms. The van der Waals surface area contributed by atoms with Crippen LogP contribution in [0.1, 0.15) is 5.56 Å². The van der Waals surface area contributed by atoms with Gasteiger partial charge in [-0.25, -0.2) is 0 Å². The lowest BCUT2D eigenvalue weighted by atomic mass is 10.2. The Morgan fingerprint density at radius 2 is 1.79 bits per heavy atom. The summed E-state index contributed by atoms with van der Waals surface area (Å²) in [5, 5.41) is 1.53. The van der Waals surface area contributed by atoms with Crippen LogP contribution in [0, 0.1) is 0 Å². The number of amides is 1. The first-order valence-corrected chi connectivity index (χ1v) is 10.2. The topological polar surface area (TPSA) is 45.1 Å². The quantitative estimate of drug-likeness (QED) is 0.707. The number of carbonyl (C=O) groups is 1. The Bertz CT molecular complexity index is 935. The first-order chi connectivity index (χ1) is 13.6. The third-order valence-electron chi connectivity index (χ3n) is 4.75. The minimum absolute atomic E-state index is 0.173. The maximum atomic E-state index is 12.3. The van der Waals surface area contributed by atoms with E-state index in [9.17, 15) is 4.79 Å². The van der Waals surface area contributed by atoms with Crippen molar-refractivity contribution in [3.8, 4) is 5.75 Å². The predicted octanol–water partition coefficient (Wildman–Crippen LogP) is 4.14. The van der Waals surface area contributed by atoms with Crippen molar-refractivity contribution in [1.29, 1.82) is 0 Å². The molecule has 0 bridgehead atoms. The van der Waals surface area contributed by atoms with Gasteiger partial charge in [-0.3, -0.25) is 4.79 Å². The molecule has 0 N–H and O–H groups in total. The fraction of sp³-hybridized carbons (Fsp3) is 0.238. The van der Waals surface area contributed by atoms with Crippen LogP contribution in [0.3, 0.4) is 0 Å². The zero-order chi connectivity index (χ0) is 19.5. The lowest BCUT2D eigenvalue weighted by Crippen LogP contribution is -2.47. The summed E-state index contributed by atoms with van der Waals surface area (Å²) in [7, 11) is 1.63. The van der Waals surface area contributed by atoms with E-state index in [0.717, 1.165) is 53.4 Å². The van der Waals surface area contributed by atoms with Crippen LogP contribution < -0.4 is 9.64 Å². The molecular weight excluding hydrogens is 394 g/mol. The highest BCUT2D eigenvalue weighted by atomic mass is 35.5. The number of methoxy groups -OCH3 is 1. The summed E-state index contributed by atoms with van der Waals surface area (Å²) in [4.78, 5) is 21.7. The molecule has 0 saturated carbocycles. The largest absolute Gasteiger partial charge is 0.497 e. The first kappa shape index (κ1) is 18.9.